The van der Waals surface area contributed by atoms with E-state index in [1.165, 1.54) is 0 Å². The Kier molecular flexibility index (Phi) is 2.25. The van der Waals surface area contributed by atoms with Crippen molar-refractivity contribution in [1.82, 2.24) is 0 Å². The van der Waals surface area contributed by atoms with Gasteiger partial charge in [-0.15, -0.1) is 0 Å². The SMILES string of the molecule is CCC(O)([N+](=O)[O-])[N+](=O)[O-]. The third-order valence-corrected chi connectivity index (χ3v) is 1.06. The van der Waals surface area contributed by atoms with Crippen molar-refractivity contribution < 1.29 is 15.0 Å². The van der Waals surface area contributed by atoms with Crippen molar-refractivity contribution in [3.63, 3.8) is 0 Å². The topological polar surface area (TPSA) is 107 Å². The Morgan fingerprint density at radius 3 is 1.70 bits per heavy atom. The monoisotopic (exact) mass is 150 g/mol. The van der Waals surface area contributed by atoms with Crippen molar-refractivity contribution in [2.45, 2.75) is 19.2 Å². The molecule has 58 valence electrons. The van der Waals surface area contributed by atoms with Crippen LogP contribution in [0.5, 0.6) is 0 Å². The third kappa shape index (κ3) is 1.18. The Morgan fingerprint density at radius 2 is 1.70 bits per heavy atom. The maximum atomic E-state index is 9.81. The van der Waals surface area contributed by atoms with E-state index in [9.17, 15) is 20.2 Å². The van der Waals surface area contributed by atoms with Gasteiger partial charge in [-0.3, -0.25) is 25.3 Å². The summed E-state index contributed by atoms with van der Waals surface area (Å²) in [7, 11) is 0. The fourth-order valence-corrected chi connectivity index (χ4v) is 0.325. The molecule has 7 heteroatoms. The first-order valence-corrected chi connectivity index (χ1v) is 2.46. The van der Waals surface area contributed by atoms with Crippen molar-refractivity contribution in [3.8, 4) is 0 Å². The first-order valence-electron chi connectivity index (χ1n) is 2.46. The van der Waals surface area contributed by atoms with Crippen LogP contribution >= 0.6 is 0 Å². The molecule has 0 rings (SSSR count). The molecule has 0 bridgehead atoms. The number of rotatable bonds is 3. The van der Waals surface area contributed by atoms with Crippen molar-refractivity contribution in [1.29, 1.82) is 0 Å². The summed E-state index contributed by atoms with van der Waals surface area (Å²) in [5, 5.41) is 28.2. The summed E-state index contributed by atoms with van der Waals surface area (Å²) in [5.41, 5.74) is 0. The van der Waals surface area contributed by atoms with Gasteiger partial charge in [0.25, 0.3) is 0 Å². The molecule has 0 fully saturated rings. The Labute approximate surface area is 55.6 Å². The van der Waals surface area contributed by atoms with E-state index < -0.39 is 22.1 Å². The quantitative estimate of drug-likeness (QED) is 0.334. The summed E-state index contributed by atoms with van der Waals surface area (Å²) in [4.78, 5) is 17.0. The molecule has 0 aromatic rings. The molecule has 0 aromatic carbocycles. The van der Waals surface area contributed by atoms with Crippen LogP contribution in [0.4, 0.5) is 0 Å². The smallest absolute Gasteiger partial charge is 0.269 e. The van der Waals surface area contributed by atoms with Gasteiger partial charge in [0.2, 0.25) is 0 Å². The van der Waals surface area contributed by atoms with Gasteiger partial charge in [-0.05, 0) is 6.92 Å². The van der Waals surface area contributed by atoms with Crippen LogP contribution in [0.1, 0.15) is 13.3 Å². The lowest BCUT2D eigenvalue weighted by Gasteiger charge is -2.06. The normalized spacial score (nSPS) is 11.0. The van der Waals surface area contributed by atoms with Gasteiger partial charge in [0.15, 0.2) is 0 Å². The molecular weight excluding hydrogens is 144 g/mol. The zero-order valence-electron chi connectivity index (χ0n) is 5.18. The van der Waals surface area contributed by atoms with Gasteiger partial charge in [0, 0.05) is 0 Å². The van der Waals surface area contributed by atoms with Crippen LogP contribution < -0.4 is 0 Å². The van der Waals surface area contributed by atoms with Crippen LogP contribution in [-0.4, -0.2) is 20.8 Å². The number of nitro groups is 2. The van der Waals surface area contributed by atoms with Crippen LogP contribution in [-0.2, 0) is 0 Å². The van der Waals surface area contributed by atoms with E-state index in [-0.39, 0.29) is 0 Å². The molecule has 1 N–H and O–H groups in total. The molecule has 0 heterocycles. The van der Waals surface area contributed by atoms with E-state index in [2.05, 4.69) is 0 Å². The molecule has 0 aliphatic rings. The molecule has 0 spiro atoms. The Balaban J connectivity index is 4.55. The predicted molar refractivity (Wildman–Crippen MR) is 29.2 cm³/mol. The zero-order chi connectivity index (χ0) is 8.36. The molecular formula is C3H6N2O5. The largest absolute Gasteiger partial charge is 0.575 e. The average Bonchev–Trinajstić information content (AvgIpc) is 1.85. The predicted octanol–water partition coefficient (Wildman–Crippen LogP) is -0.404. The minimum atomic E-state index is -3.01. The maximum Gasteiger partial charge on any atom is 0.575 e. The van der Waals surface area contributed by atoms with Gasteiger partial charge in [-0.1, -0.05) is 0 Å². The van der Waals surface area contributed by atoms with Crippen LogP contribution in [0.2, 0.25) is 0 Å². The molecule has 0 saturated carbocycles. The minimum Gasteiger partial charge on any atom is -0.269 e. The highest BCUT2D eigenvalue weighted by Gasteiger charge is 2.52. The summed E-state index contributed by atoms with van der Waals surface area (Å²) in [5.74, 6) is -3.01. The van der Waals surface area contributed by atoms with Gasteiger partial charge >= 0.3 is 5.85 Å². The van der Waals surface area contributed by atoms with Gasteiger partial charge in [0.1, 0.15) is 16.3 Å². The summed E-state index contributed by atoms with van der Waals surface area (Å²) < 4.78 is 0. The first-order chi connectivity index (χ1) is 4.45. The summed E-state index contributed by atoms with van der Waals surface area (Å²) >= 11 is 0. The molecule has 0 amide bonds. The minimum absolute atomic E-state index is 0.549. The molecule has 0 radical (unpaired) electrons. The van der Waals surface area contributed by atoms with E-state index >= 15 is 0 Å². The van der Waals surface area contributed by atoms with Crippen molar-refractivity contribution in [3.05, 3.63) is 20.2 Å². The lowest BCUT2D eigenvalue weighted by atomic mass is 10.3. The van der Waals surface area contributed by atoms with Crippen LogP contribution in [0.25, 0.3) is 0 Å². The summed E-state index contributed by atoms with van der Waals surface area (Å²) in [6.45, 7) is 1.16. The van der Waals surface area contributed by atoms with Crippen LogP contribution in [0.15, 0.2) is 0 Å². The molecule has 0 aromatic heterocycles. The molecule has 0 saturated heterocycles. The summed E-state index contributed by atoms with van der Waals surface area (Å²) in [6.07, 6.45) is -0.549. The van der Waals surface area contributed by atoms with E-state index in [1.807, 2.05) is 0 Å². The molecule has 7 nitrogen and oxygen atoms in total. The van der Waals surface area contributed by atoms with Crippen LogP contribution in [0, 0.1) is 20.2 Å². The molecule has 0 aliphatic heterocycles. The Morgan fingerprint density at radius 1 is 1.40 bits per heavy atom. The molecule has 0 aliphatic carbocycles. The Bertz CT molecular complexity index is 152. The number of nitrogens with zero attached hydrogens (tertiary/aromatic N) is 2. The molecule has 0 atom stereocenters. The standard InChI is InChI=1S/C3H6N2O5/c1-2-3(6,4(7)8)5(9)10/h6H,2H2,1H3. The second kappa shape index (κ2) is 2.56. The average molecular weight is 150 g/mol. The van der Waals surface area contributed by atoms with Crippen molar-refractivity contribution in [2.24, 2.45) is 0 Å². The highest BCUT2D eigenvalue weighted by molar-refractivity contribution is 4.44. The van der Waals surface area contributed by atoms with E-state index in [4.69, 9.17) is 5.11 Å². The second-order valence-corrected chi connectivity index (χ2v) is 1.64. The van der Waals surface area contributed by atoms with E-state index in [1.54, 1.807) is 0 Å². The van der Waals surface area contributed by atoms with Crippen LogP contribution in [0.3, 0.4) is 0 Å². The third-order valence-electron chi connectivity index (χ3n) is 1.06. The van der Waals surface area contributed by atoms with Gasteiger partial charge in [-0.2, -0.15) is 0 Å². The van der Waals surface area contributed by atoms with E-state index in [0.29, 0.717) is 0 Å². The first kappa shape index (κ1) is 8.76. The van der Waals surface area contributed by atoms with Gasteiger partial charge < -0.3 is 0 Å². The Hall–Kier alpha value is -1.24. The molecule has 10 heavy (non-hydrogen) atoms. The lowest BCUT2D eigenvalue weighted by Crippen LogP contribution is -2.45. The van der Waals surface area contributed by atoms with Gasteiger partial charge in [0.05, 0.1) is 0 Å². The highest BCUT2D eigenvalue weighted by atomic mass is 16.7. The number of hydrogen-bond acceptors (Lipinski definition) is 5. The van der Waals surface area contributed by atoms with Crippen molar-refractivity contribution >= 4 is 0 Å². The number of hydrogen-bond donors (Lipinski definition) is 1. The lowest BCUT2D eigenvalue weighted by molar-refractivity contribution is -0.848. The fraction of sp³-hybridized carbons (Fsp3) is 1.00. The zero-order valence-corrected chi connectivity index (χ0v) is 5.18. The van der Waals surface area contributed by atoms with Gasteiger partial charge in [-0.25, -0.2) is 0 Å². The maximum absolute atomic E-state index is 9.81. The fourth-order valence-electron chi connectivity index (χ4n) is 0.325. The van der Waals surface area contributed by atoms with Crippen molar-refractivity contribution in [2.75, 3.05) is 0 Å². The second-order valence-electron chi connectivity index (χ2n) is 1.64. The van der Waals surface area contributed by atoms with E-state index in [0.717, 1.165) is 6.92 Å². The molecule has 0 unspecified atom stereocenters. The number of aliphatic hydroxyl groups is 1. The summed E-state index contributed by atoms with van der Waals surface area (Å²) in [6, 6.07) is 0. The highest BCUT2D eigenvalue weighted by Crippen LogP contribution is 2.09.